The number of fused-ring (bicyclic) bond motifs is 1. The molecule has 5 nitrogen and oxygen atoms in total. The zero-order chi connectivity index (χ0) is 17.3. The number of aryl methyl sites for hydroxylation is 2. The lowest BCUT2D eigenvalue weighted by atomic mass is 10.1. The van der Waals surface area contributed by atoms with E-state index in [-0.39, 0.29) is 5.91 Å². The van der Waals surface area contributed by atoms with Gasteiger partial charge >= 0.3 is 0 Å². The van der Waals surface area contributed by atoms with Crippen LogP contribution in [0.5, 0.6) is 11.5 Å². The number of hydrogen-bond acceptors (Lipinski definition) is 3. The lowest BCUT2D eigenvalue weighted by molar-refractivity contribution is 0.102. The fraction of sp³-hybridized carbons (Fsp3) is 0.211. The van der Waals surface area contributed by atoms with Gasteiger partial charge in [-0.05, 0) is 49.7 Å². The first kappa shape index (κ1) is 15.9. The smallest absolute Gasteiger partial charge is 0.255 e. The topological polar surface area (TPSA) is 63.4 Å². The average molecular weight is 324 g/mol. The van der Waals surface area contributed by atoms with Crippen LogP contribution >= 0.6 is 0 Å². The Morgan fingerprint density at radius 2 is 1.83 bits per heavy atom. The van der Waals surface area contributed by atoms with Crippen LogP contribution in [0.1, 0.15) is 21.6 Å². The van der Waals surface area contributed by atoms with Crippen molar-refractivity contribution in [2.24, 2.45) is 0 Å². The summed E-state index contributed by atoms with van der Waals surface area (Å²) >= 11 is 0. The SMILES string of the molecule is COc1ccc(OC)c(NC(=O)c2ccc3[nH]c(C)c(C)c3c2)c1. The minimum Gasteiger partial charge on any atom is -0.497 e. The number of aromatic nitrogens is 1. The zero-order valence-corrected chi connectivity index (χ0v) is 14.2. The average Bonchev–Trinajstić information content (AvgIpc) is 2.88. The zero-order valence-electron chi connectivity index (χ0n) is 14.2. The first-order chi connectivity index (χ1) is 11.5. The summed E-state index contributed by atoms with van der Waals surface area (Å²) in [5, 5.41) is 3.94. The number of ether oxygens (including phenoxy) is 2. The molecular weight excluding hydrogens is 304 g/mol. The summed E-state index contributed by atoms with van der Waals surface area (Å²) in [6.07, 6.45) is 0. The summed E-state index contributed by atoms with van der Waals surface area (Å²) in [6, 6.07) is 10.9. The molecule has 0 atom stereocenters. The molecule has 1 heterocycles. The van der Waals surface area contributed by atoms with Crippen LogP contribution in [0.25, 0.3) is 10.9 Å². The van der Waals surface area contributed by atoms with Gasteiger partial charge < -0.3 is 19.8 Å². The number of nitrogens with one attached hydrogen (secondary N) is 2. The van der Waals surface area contributed by atoms with E-state index in [2.05, 4.69) is 10.3 Å². The summed E-state index contributed by atoms with van der Waals surface area (Å²) in [6.45, 7) is 4.07. The predicted octanol–water partition coefficient (Wildman–Crippen LogP) is 4.05. The minimum atomic E-state index is -0.193. The monoisotopic (exact) mass is 324 g/mol. The van der Waals surface area contributed by atoms with E-state index in [0.29, 0.717) is 22.7 Å². The maximum atomic E-state index is 12.6. The van der Waals surface area contributed by atoms with Crippen molar-refractivity contribution in [1.29, 1.82) is 0 Å². The van der Waals surface area contributed by atoms with Crippen LogP contribution < -0.4 is 14.8 Å². The second-order valence-corrected chi connectivity index (χ2v) is 5.66. The molecule has 0 spiro atoms. The summed E-state index contributed by atoms with van der Waals surface area (Å²) in [4.78, 5) is 15.9. The standard InChI is InChI=1S/C19H20N2O3/c1-11-12(2)20-16-7-5-13(9-15(11)16)19(22)21-17-10-14(23-3)6-8-18(17)24-4/h5-10,20H,1-4H3,(H,21,22). The normalized spacial score (nSPS) is 10.7. The number of H-pyrrole nitrogens is 1. The lowest BCUT2D eigenvalue weighted by Gasteiger charge is -2.12. The molecule has 1 amide bonds. The molecule has 0 radical (unpaired) electrons. The maximum Gasteiger partial charge on any atom is 0.255 e. The third-order valence-electron chi connectivity index (χ3n) is 4.23. The van der Waals surface area contributed by atoms with Crippen LogP contribution in [0, 0.1) is 13.8 Å². The largest absolute Gasteiger partial charge is 0.497 e. The van der Waals surface area contributed by atoms with Gasteiger partial charge in [0.1, 0.15) is 11.5 Å². The van der Waals surface area contributed by atoms with Gasteiger partial charge in [0, 0.05) is 28.2 Å². The molecule has 0 fully saturated rings. The number of rotatable bonds is 4. The van der Waals surface area contributed by atoms with E-state index in [1.165, 1.54) is 0 Å². The number of anilines is 1. The molecule has 2 aromatic carbocycles. The van der Waals surface area contributed by atoms with Gasteiger partial charge in [0.15, 0.2) is 0 Å². The molecule has 1 aromatic heterocycles. The number of benzene rings is 2. The van der Waals surface area contributed by atoms with Crippen molar-refractivity contribution in [2.75, 3.05) is 19.5 Å². The van der Waals surface area contributed by atoms with Crippen molar-refractivity contribution in [3.8, 4) is 11.5 Å². The molecule has 0 aliphatic carbocycles. The predicted molar refractivity (Wildman–Crippen MR) is 95.3 cm³/mol. The van der Waals surface area contributed by atoms with E-state index in [1.54, 1.807) is 38.5 Å². The van der Waals surface area contributed by atoms with Crippen LogP contribution in [0.4, 0.5) is 5.69 Å². The molecule has 2 N–H and O–H groups in total. The molecule has 5 heteroatoms. The first-order valence-corrected chi connectivity index (χ1v) is 7.65. The van der Waals surface area contributed by atoms with E-state index in [0.717, 1.165) is 22.2 Å². The van der Waals surface area contributed by atoms with Crippen LogP contribution in [-0.4, -0.2) is 25.1 Å². The molecular formula is C19H20N2O3. The lowest BCUT2D eigenvalue weighted by Crippen LogP contribution is -2.12. The number of methoxy groups -OCH3 is 2. The Balaban J connectivity index is 1.94. The Kier molecular flexibility index (Phi) is 4.16. The van der Waals surface area contributed by atoms with Gasteiger partial charge in [-0.1, -0.05) is 0 Å². The van der Waals surface area contributed by atoms with Gasteiger partial charge in [-0.3, -0.25) is 4.79 Å². The molecule has 0 aliphatic heterocycles. The van der Waals surface area contributed by atoms with Crippen molar-refractivity contribution >= 4 is 22.5 Å². The summed E-state index contributed by atoms with van der Waals surface area (Å²) in [5.41, 5.74) is 4.45. The highest BCUT2D eigenvalue weighted by atomic mass is 16.5. The quantitative estimate of drug-likeness (QED) is 0.761. The van der Waals surface area contributed by atoms with Gasteiger partial charge in [0.25, 0.3) is 5.91 Å². The van der Waals surface area contributed by atoms with Gasteiger partial charge in [-0.15, -0.1) is 0 Å². The molecule has 3 aromatic rings. The number of carbonyl (C=O) groups is 1. The number of carbonyl (C=O) groups excluding carboxylic acids is 1. The highest BCUT2D eigenvalue weighted by molar-refractivity contribution is 6.07. The van der Waals surface area contributed by atoms with Gasteiger partial charge in [0.05, 0.1) is 19.9 Å². The minimum absolute atomic E-state index is 0.193. The molecule has 3 rings (SSSR count). The van der Waals surface area contributed by atoms with E-state index < -0.39 is 0 Å². The van der Waals surface area contributed by atoms with Crippen molar-refractivity contribution in [1.82, 2.24) is 4.98 Å². The van der Waals surface area contributed by atoms with Crippen molar-refractivity contribution in [2.45, 2.75) is 13.8 Å². The molecule has 0 saturated heterocycles. The van der Waals surface area contributed by atoms with E-state index in [9.17, 15) is 4.79 Å². The number of aromatic amines is 1. The number of amides is 1. The maximum absolute atomic E-state index is 12.6. The highest BCUT2D eigenvalue weighted by Gasteiger charge is 2.13. The van der Waals surface area contributed by atoms with Gasteiger partial charge in [-0.2, -0.15) is 0 Å². The molecule has 24 heavy (non-hydrogen) atoms. The van der Waals surface area contributed by atoms with Crippen LogP contribution in [0.2, 0.25) is 0 Å². The Morgan fingerprint density at radius 1 is 1.04 bits per heavy atom. The van der Waals surface area contributed by atoms with Crippen molar-refractivity contribution in [3.63, 3.8) is 0 Å². The summed E-state index contributed by atoms with van der Waals surface area (Å²) in [5.74, 6) is 1.04. The molecule has 0 unspecified atom stereocenters. The molecule has 0 bridgehead atoms. The molecule has 0 saturated carbocycles. The fourth-order valence-corrected chi connectivity index (χ4v) is 2.71. The molecule has 124 valence electrons. The van der Waals surface area contributed by atoms with E-state index in [1.807, 2.05) is 26.0 Å². The van der Waals surface area contributed by atoms with Crippen molar-refractivity contribution < 1.29 is 14.3 Å². The Bertz CT molecular complexity index is 912. The Hall–Kier alpha value is -2.95. The highest BCUT2D eigenvalue weighted by Crippen LogP contribution is 2.30. The second kappa shape index (κ2) is 6.28. The second-order valence-electron chi connectivity index (χ2n) is 5.66. The summed E-state index contributed by atoms with van der Waals surface area (Å²) in [7, 11) is 3.15. The van der Waals surface area contributed by atoms with Gasteiger partial charge in [0.2, 0.25) is 0 Å². The van der Waals surface area contributed by atoms with Crippen LogP contribution in [0.3, 0.4) is 0 Å². The van der Waals surface area contributed by atoms with E-state index in [4.69, 9.17) is 9.47 Å². The fourth-order valence-electron chi connectivity index (χ4n) is 2.71. The van der Waals surface area contributed by atoms with Gasteiger partial charge in [-0.25, -0.2) is 0 Å². The first-order valence-electron chi connectivity index (χ1n) is 7.65. The third-order valence-corrected chi connectivity index (χ3v) is 4.23. The van der Waals surface area contributed by atoms with Crippen LogP contribution in [-0.2, 0) is 0 Å². The third kappa shape index (κ3) is 2.80. The van der Waals surface area contributed by atoms with Crippen molar-refractivity contribution in [3.05, 3.63) is 53.2 Å². The Morgan fingerprint density at radius 3 is 2.54 bits per heavy atom. The van der Waals surface area contributed by atoms with Crippen LogP contribution in [0.15, 0.2) is 36.4 Å². The summed E-state index contributed by atoms with van der Waals surface area (Å²) < 4.78 is 10.5. The van der Waals surface area contributed by atoms with E-state index >= 15 is 0 Å². The Labute approximate surface area is 140 Å². The molecule has 0 aliphatic rings. The number of hydrogen-bond donors (Lipinski definition) is 2.